The van der Waals surface area contributed by atoms with Crippen molar-refractivity contribution in [3.05, 3.63) is 120 Å². The van der Waals surface area contributed by atoms with Crippen LogP contribution >= 0.6 is 7.82 Å². The van der Waals surface area contributed by atoms with Crippen LogP contribution < -0.4 is 20.4 Å². The highest BCUT2D eigenvalue weighted by atomic mass is 31.2. The topological polar surface area (TPSA) is 185 Å². The summed E-state index contributed by atoms with van der Waals surface area (Å²) in [6.45, 7) is 12.7. The van der Waals surface area contributed by atoms with E-state index in [0.29, 0.717) is 25.7 Å². The highest BCUT2D eigenvalue weighted by Gasteiger charge is 2.43. The van der Waals surface area contributed by atoms with Gasteiger partial charge in [0, 0.05) is 66.9 Å². The molecule has 2 aromatic carbocycles. The standard InChI is InChI=1S/C76H119N4O11P/c1-8-10-12-14-16-18-20-22-24-26-28-30-32-34-41-55-72(82)88-62-64(91-73(83)56-42-35-33-31-29-27-25-23-21-19-17-15-13-11-9-2)63-90-92(85,86)89-61-58-78-74(84)87-60-57-77-71(81)54-40-37-47-59-80-68-51-46-44-49-66(68)76(5,6)70(80)53-39-36-38-52-69-75(3,4)65-48-43-45-50-67(65)79(69)7/h22-25,36,38-39,43-46,48-53,64H,8-21,26-35,37,40-42,47,54-63H2,1-7H3,(H2-,77,78,81,84,85,86)/b24-22-,25-23-/t64-/m1/s1. The van der Waals surface area contributed by atoms with Crippen molar-refractivity contribution in [1.82, 2.24) is 10.6 Å². The summed E-state index contributed by atoms with van der Waals surface area (Å²) in [7, 11) is -2.81. The van der Waals surface area contributed by atoms with Crippen molar-refractivity contribution in [2.24, 2.45) is 0 Å². The summed E-state index contributed by atoms with van der Waals surface area (Å²) >= 11 is 0. The first-order chi connectivity index (χ1) is 44.5. The highest BCUT2D eigenvalue weighted by molar-refractivity contribution is 7.45. The van der Waals surface area contributed by atoms with Crippen LogP contribution in [-0.4, -0.2) is 93.4 Å². The number of hydrogen-bond donors (Lipinski definition) is 2. The largest absolute Gasteiger partial charge is 0.756 e. The first-order valence-electron chi connectivity index (χ1n) is 35.6. The Morgan fingerprint density at radius 3 is 1.70 bits per heavy atom. The number of ether oxygens (including phenoxy) is 3. The predicted octanol–water partition coefficient (Wildman–Crippen LogP) is 17.9. The lowest BCUT2D eigenvalue weighted by Gasteiger charge is -2.27. The van der Waals surface area contributed by atoms with E-state index in [9.17, 15) is 28.6 Å². The molecule has 15 nitrogen and oxygen atoms in total. The van der Waals surface area contributed by atoms with Gasteiger partial charge in [0.25, 0.3) is 7.82 Å². The molecule has 0 spiro atoms. The van der Waals surface area contributed by atoms with Crippen molar-refractivity contribution in [2.45, 2.75) is 264 Å². The van der Waals surface area contributed by atoms with Gasteiger partial charge in [0.2, 0.25) is 11.6 Å². The fourth-order valence-corrected chi connectivity index (χ4v) is 12.8. The Labute approximate surface area is 555 Å². The number of phosphoric ester groups is 1. The minimum atomic E-state index is -4.94. The van der Waals surface area contributed by atoms with Crippen molar-refractivity contribution < 1.29 is 56.5 Å². The third kappa shape index (κ3) is 31.6. The van der Waals surface area contributed by atoms with Crippen LogP contribution in [0.1, 0.15) is 258 Å². The maximum absolute atomic E-state index is 12.9. The molecule has 4 rings (SSSR count). The number of unbranched alkanes of at least 4 members (excludes halogenated alkanes) is 24. The van der Waals surface area contributed by atoms with Gasteiger partial charge in [-0.1, -0.05) is 216 Å². The monoisotopic (exact) mass is 1290 g/mol. The van der Waals surface area contributed by atoms with Crippen molar-refractivity contribution in [3.63, 3.8) is 0 Å². The molecular weight excluding hydrogens is 1180 g/mol. The van der Waals surface area contributed by atoms with E-state index in [-0.39, 0.29) is 55.9 Å². The molecule has 2 aliphatic rings. The van der Waals surface area contributed by atoms with Gasteiger partial charge < -0.3 is 43.7 Å². The second-order valence-electron chi connectivity index (χ2n) is 25.9. The van der Waals surface area contributed by atoms with E-state index in [1.165, 1.54) is 111 Å². The number of phosphoric acid groups is 1. The number of esters is 2. The number of para-hydroxylation sites is 2. The Kier molecular flexibility index (Phi) is 39.8. The zero-order valence-electron chi connectivity index (χ0n) is 57.8. The molecule has 2 aliphatic heterocycles. The van der Waals surface area contributed by atoms with Gasteiger partial charge in [-0.15, -0.1) is 0 Å². The van der Waals surface area contributed by atoms with Crippen LogP contribution in [0.4, 0.5) is 16.2 Å². The fraction of sp³-hybridized carbons (Fsp3) is 0.645. The van der Waals surface area contributed by atoms with Gasteiger partial charge in [-0.25, -0.2) is 4.79 Å². The van der Waals surface area contributed by atoms with Gasteiger partial charge in [0.05, 0.1) is 25.2 Å². The van der Waals surface area contributed by atoms with Crippen LogP contribution in [0.3, 0.4) is 0 Å². The van der Waals surface area contributed by atoms with Gasteiger partial charge >= 0.3 is 18.0 Å². The summed E-state index contributed by atoms with van der Waals surface area (Å²) in [5.41, 5.74) is 7.27. The van der Waals surface area contributed by atoms with Crippen molar-refractivity contribution >= 4 is 48.8 Å². The number of anilines is 1. The zero-order valence-corrected chi connectivity index (χ0v) is 58.7. The average molecular weight is 1300 g/mol. The van der Waals surface area contributed by atoms with E-state index in [0.717, 1.165) is 96.4 Å². The van der Waals surface area contributed by atoms with Gasteiger partial charge in [-0.05, 0) is 109 Å². The molecular formula is C76H119N4O11P. The molecule has 2 atom stereocenters. The molecule has 2 heterocycles. The summed E-state index contributed by atoms with van der Waals surface area (Å²) < 4.78 is 41.3. The summed E-state index contributed by atoms with van der Waals surface area (Å²) in [6, 6.07) is 17.1. The minimum absolute atomic E-state index is 0.0886. The molecule has 92 heavy (non-hydrogen) atoms. The molecule has 16 heteroatoms. The predicted molar refractivity (Wildman–Crippen MR) is 374 cm³/mol. The van der Waals surface area contributed by atoms with E-state index in [4.69, 9.17) is 23.3 Å². The number of rotatable bonds is 52. The number of hydrogen-bond acceptors (Lipinski definition) is 12. The van der Waals surface area contributed by atoms with Crippen molar-refractivity contribution in [1.29, 1.82) is 0 Å². The number of nitrogens with one attached hydrogen (secondary N) is 2. The molecule has 2 N–H and O–H groups in total. The second-order valence-corrected chi connectivity index (χ2v) is 27.3. The number of benzene rings is 2. The molecule has 0 aliphatic carbocycles. The molecule has 0 aromatic heterocycles. The maximum atomic E-state index is 12.9. The van der Waals surface area contributed by atoms with E-state index < -0.39 is 45.2 Å². The smallest absolute Gasteiger partial charge is 0.407 e. The molecule has 514 valence electrons. The Hall–Kier alpha value is -5.60. The van der Waals surface area contributed by atoms with Gasteiger partial charge in [0.15, 0.2) is 11.8 Å². The van der Waals surface area contributed by atoms with Crippen molar-refractivity contribution in [3.8, 4) is 0 Å². The summed E-state index contributed by atoms with van der Waals surface area (Å²) in [5, 5.41) is 5.22. The van der Waals surface area contributed by atoms with Crippen LogP contribution in [0.2, 0.25) is 0 Å². The average Bonchev–Trinajstić information content (AvgIpc) is 1.62. The van der Waals surface area contributed by atoms with E-state index in [2.05, 4.69) is 172 Å². The Bertz CT molecular complexity index is 2690. The number of allylic oxidation sites excluding steroid dienone is 10. The third-order valence-corrected chi connectivity index (χ3v) is 18.4. The van der Waals surface area contributed by atoms with Crippen molar-refractivity contribution in [2.75, 3.05) is 58.0 Å². The number of fused-ring (bicyclic) bond motifs is 2. The van der Waals surface area contributed by atoms with Crippen LogP contribution in [0, 0.1) is 0 Å². The number of carbonyl (C=O) groups is 4. The van der Waals surface area contributed by atoms with Crippen LogP contribution in [0.25, 0.3) is 0 Å². The Morgan fingerprint density at radius 1 is 0.565 bits per heavy atom. The van der Waals surface area contributed by atoms with E-state index in [1.807, 2.05) is 0 Å². The number of nitrogens with zero attached hydrogens (tertiary/aromatic N) is 2. The fourth-order valence-electron chi connectivity index (χ4n) is 12.1. The zero-order chi connectivity index (χ0) is 66.6. The summed E-state index contributed by atoms with van der Waals surface area (Å²) in [4.78, 5) is 66.0. The van der Waals surface area contributed by atoms with Crippen LogP contribution in [0.5, 0.6) is 0 Å². The lowest BCUT2D eigenvalue weighted by atomic mass is 9.81. The molecule has 1 unspecified atom stereocenters. The summed E-state index contributed by atoms with van der Waals surface area (Å²) in [5.74, 6) is -1.14. The number of carbonyl (C=O) groups excluding carboxylic acids is 4. The molecule has 0 saturated heterocycles. The van der Waals surface area contributed by atoms with Gasteiger partial charge in [0.1, 0.15) is 20.3 Å². The first-order valence-corrected chi connectivity index (χ1v) is 37.0. The Balaban J connectivity index is 1.10. The second kappa shape index (κ2) is 46.5. The van der Waals surface area contributed by atoms with E-state index in [1.54, 1.807) is 0 Å². The summed E-state index contributed by atoms with van der Waals surface area (Å²) in [6.07, 6.45) is 50.5. The lowest BCUT2D eigenvalue weighted by Crippen LogP contribution is -2.32. The third-order valence-electron chi connectivity index (χ3n) is 17.5. The van der Waals surface area contributed by atoms with E-state index >= 15 is 0 Å². The molecule has 0 radical (unpaired) electrons. The normalized spacial score (nSPS) is 15.7. The first kappa shape index (κ1) is 78.8. The molecule has 2 aromatic rings. The molecule has 0 saturated carbocycles. The quantitative estimate of drug-likeness (QED) is 0.0122. The van der Waals surface area contributed by atoms with Crippen LogP contribution in [0.15, 0.2) is 109 Å². The number of amides is 2. The maximum Gasteiger partial charge on any atom is 0.407 e. The van der Waals surface area contributed by atoms with Gasteiger partial charge in [-0.3, -0.25) is 18.9 Å². The Morgan fingerprint density at radius 2 is 1.09 bits per heavy atom. The van der Waals surface area contributed by atoms with Crippen LogP contribution in [-0.2, 0) is 53.0 Å². The number of alkyl carbamates (subject to hydrolysis) is 1. The molecule has 2 amide bonds. The van der Waals surface area contributed by atoms with Gasteiger partial charge in [-0.2, -0.15) is 4.58 Å². The lowest BCUT2D eigenvalue weighted by molar-refractivity contribution is -0.401. The highest BCUT2D eigenvalue weighted by Crippen LogP contribution is 2.48. The SMILES string of the molecule is CCCCCCCC/C=C\CCCCCCCC(=O)OC[C@H](COP(=O)([O-])OCCNC(=O)OCCNC(=O)CCCCCN1/C(=C/C=C/C=C/C2=[N+](C)c3ccccc3C2(C)C)C(C)(C)c2ccccc21)OC(=O)CCCCCCC/C=C\CCCCCCCC. The molecule has 0 bridgehead atoms. The minimum Gasteiger partial charge on any atom is -0.756 e. The molecule has 0 fully saturated rings.